The molecule has 4 heteroatoms. The van der Waals surface area contributed by atoms with Gasteiger partial charge in [0, 0.05) is 18.7 Å². The van der Waals surface area contributed by atoms with Crippen LogP contribution in [0.4, 0.5) is 5.69 Å². The summed E-state index contributed by atoms with van der Waals surface area (Å²) >= 11 is 0. The Hall–Kier alpha value is -1.86. The summed E-state index contributed by atoms with van der Waals surface area (Å²) in [7, 11) is 0. The predicted molar refractivity (Wildman–Crippen MR) is 81.1 cm³/mol. The standard InChI is InChI=1S/C16H23N3O/c1-14(10-12-18)8-9-16(20)19(13-5-11-17)15-6-3-2-4-7-15/h2-4,6-7,14H,5,8-10,12-13,18H2,1H3. The Morgan fingerprint density at radius 3 is 2.65 bits per heavy atom. The third-order valence-electron chi connectivity index (χ3n) is 3.33. The number of nitrogens with two attached hydrogens (primary N) is 1. The fourth-order valence-corrected chi connectivity index (χ4v) is 2.10. The number of carbonyl (C=O) groups excluding carboxylic acids is 1. The molecule has 0 radical (unpaired) electrons. The number of amides is 1. The zero-order valence-corrected chi connectivity index (χ0v) is 12.1. The summed E-state index contributed by atoms with van der Waals surface area (Å²) in [6.45, 7) is 3.22. The lowest BCUT2D eigenvalue weighted by Gasteiger charge is -2.22. The molecule has 0 aliphatic heterocycles. The third kappa shape index (κ3) is 5.41. The van der Waals surface area contributed by atoms with E-state index in [1.54, 1.807) is 4.90 Å². The highest BCUT2D eigenvalue weighted by molar-refractivity contribution is 5.93. The van der Waals surface area contributed by atoms with Crippen molar-refractivity contribution in [3.05, 3.63) is 30.3 Å². The molecule has 0 saturated heterocycles. The summed E-state index contributed by atoms with van der Waals surface area (Å²) < 4.78 is 0. The van der Waals surface area contributed by atoms with Gasteiger partial charge in [-0.1, -0.05) is 25.1 Å². The van der Waals surface area contributed by atoms with Crippen molar-refractivity contribution in [1.29, 1.82) is 5.26 Å². The fourth-order valence-electron chi connectivity index (χ4n) is 2.10. The van der Waals surface area contributed by atoms with E-state index in [0.29, 0.717) is 31.8 Å². The Labute approximate surface area is 121 Å². The topological polar surface area (TPSA) is 70.1 Å². The van der Waals surface area contributed by atoms with Crippen molar-refractivity contribution in [3.8, 4) is 6.07 Å². The van der Waals surface area contributed by atoms with Crippen LogP contribution in [0.15, 0.2) is 30.3 Å². The molecule has 0 aliphatic rings. The van der Waals surface area contributed by atoms with Crippen LogP contribution >= 0.6 is 0 Å². The first-order valence-corrected chi connectivity index (χ1v) is 7.11. The second-order valence-electron chi connectivity index (χ2n) is 5.01. The van der Waals surface area contributed by atoms with Crippen LogP contribution in [0.1, 0.15) is 32.6 Å². The van der Waals surface area contributed by atoms with Gasteiger partial charge in [-0.2, -0.15) is 5.26 Å². The Morgan fingerprint density at radius 1 is 1.35 bits per heavy atom. The molecule has 1 rings (SSSR count). The molecular formula is C16H23N3O. The fraction of sp³-hybridized carbons (Fsp3) is 0.500. The van der Waals surface area contributed by atoms with E-state index in [4.69, 9.17) is 11.0 Å². The monoisotopic (exact) mass is 273 g/mol. The van der Waals surface area contributed by atoms with Crippen LogP contribution in [-0.4, -0.2) is 19.0 Å². The molecule has 1 unspecified atom stereocenters. The maximum absolute atomic E-state index is 12.3. The molecular weight excluding hydrogens is 250 g/mol. The lowest BCUT2D eigenvalue weighted by atomic mass is 10.0. The van der Waals surface area contributed by atoms with Gasteiger partial charge in [-0.05, 0) is 37.4 Å². The number of benzene rings is 1. The largest absolute Gasteiger partial charge is 0.330 e. The maximum Gasteiger partial charge on any atom is 0.227 e. The molecule has 1 aromatic carbocycles. The van der Waals surface area contributed by atoms with Crippen molar-refractivity contribution >= 4 is 11.6 Å². The molecule has 0 saturated carbocycles. The summed E-state index contributed by atoms with van der Waals surface area (Å²) in [6, 6.07) is 11.6. The molecule has 0 aliphatic carbocycles. The molecule has 20 heavy (non-hydrogen) atoms. The van der Waals surface area contributed by atoms with E-state index < -0.39 is 0 Å². The van der Waals surface area contributed by atoms with Gasteiger partial charge in [-0.3, -0.25) is 4.79 Å². The van der Waals surface area contributed by atoms with Crippen molar-refractivity contribution in [1.82, 2.24) is 0 Å². The van der Waals surface area contributed by atoms with Gasteiger partial charge in [0.05, 0.1) is 12.5 Å². The number of nitriles is 1. The number of rotatable bonds is 8. The second kappa shape index (κ2) is 9.11. The molecule has 0 fully saturated rings. The van der Waals surface area contributed by atoms with Crippen molar-refractivity contribution in [3.63, 3.8) is 0 Å². The summed E-state index contributed by atoms with van der Waals surface area (Å²) in [5, 5.41) is 8.73. The molecule has 4 nitrogen and oxygen atoms in total. The normalized spacial score (nSPS) is 11.7. The average Bonchev–Trinajstić information content (AvgIpc) is 2.47. The van der Waals surface area contributed by atoms with E-state index in [-0.39, 0.29) is 5.91 Å². The van der Waals surface area contributed by atoms with Crippen molar-refractivity contribution < 1.29 is 4.79 Å². The van der Waals surface area contributed by atoms with Crippen molar-refractivity contribution in [2.45, 2.75) is 32.6 Å². The lowest BCUT2D eigenvalue weighted by molar-refractivity contribution is -0.118. The SMILES string of the molecule is CC(CCN)CCC(=O)N(CCC#N)c1ccccc1. The summed E-state index contributed by atoms with van der Waals surface area (Å²) in [6.07, 6.45) is 2.63. The molecule has 0 aromatic heterocycles. The van der Waals surface area contributed by atoms with Gasteiger partial charge in [-0.25, -0.2) is 0 Å². The second-order valence-corrected chi connectivity index (χ2v) is 5.01. The Balaban J connectivity index is 2.64. The first-order chi connectivity index (χ1) is 9.69. The van der Waals surface area contributed by atoms with Crippen LogP contribution < -0.4 is 10.6 Å². The van der Waals surface area contributed by atoms with Gasteiger partial charge in [0.1, 0.15) is 0 Å². The lowest BCUT2D eigenvalue weighted by Crippen LogP contribution is -2.31. The van der Waals surface area contributed by atoms with E-state index in [0.717, 1.165) is 18.5 Å². The number of hydrogen-bond acceptors (Lipinski definition) is 3. The molecule has 1 atom stereocenters. The summed E-state index contributed by atoms with van der Waals surface area (Å²) in [5.74, 6) is 0.535. The van der Waals surface area contributed by atoms with Gasteiger partial charge in [0.2, 0.25) is 5.91 Å². The molecule has 108 valence electrons. The van der Waals surface area contributed by atoms with Gasteiger partial charge >= 0.3 is 0 Å². The van der Waals surface area contributed by atoms with Gasteiger partial charge in [0.15, 0.2) is 0 Å². The number of anilines is 1. The highest BCUT2D eigenvalue weighted by Gasteiger charge is 2.16. The van der Waals surface area contributed by atoms with Crippen molar-refractivity contribution in [2.75, 3.05) is 18.0 Å². The number of hydrogen-bond donors (Lipinski definition) is 1. The minimum atomic E-state index is 0.0790. The number of para-hydroxylation sites is 1. The average molecular weight is 273 g/mol. The molecule has 0 spiro atoms. The van der Waals surface area contributed by atoms with E-state index in [2.05, 4.69) is 13.0 Å². The van der Waals surface area contributed by atoms with Gasteiger partial charge < -0.3 is 10.6 Å². The molecule has 0 bridgehead atoms. The van der Waals surface area contributed by atoms with Crippen LogP contribution in [0.2, 0.25) is 0 Å². The van der Waals surface area contributed by atoms with Crippen molar-refractivity contribution in [2.24, 2.45) is 11.7 Å². The number of nitrogens with zero attached hydrogens (tertiary/aromatic N) is 2. The minimum Gasteiger partial charge on any atom is -0.330 e. The maximum atomic E-state index is 12.3. The van der Waals surface area contributed by atoms with Crippen LogP contribution in [0.25, 0.3) is 0 Å². The van der Waals surface area contributed by atoms with Crippen LogP contribution in [0.5, 0.6) is 0 Å². The van der Waals surface area contributed by atoms with Crippen LogP contribution in [0.3, 0.4) is 0 Å². The predicted octanol–water partition coefficient (Wildman–Crippen LogP) is 2.70. The third-order valence-corrected chi connectivity index (χ3v) is 3.33. The molecule has 0 heterocycles. The van der Waals surface area contributed by atoms with Crippen LogP contribution in [-0.2, 0) is 4.79 Å². The summed E-state index contributed by atoms with van der Waals surface area (Å²) in [5.41, 5.74) is 6.38. The highest BCUT2D eigenvalue weighted by atomic mass is 16.2. The Bertz CT molecular complexity index is 439. The Morgan fingerprint density at radius 2 is 2.05 bits per heavy atom. The quantitative estimate of drug-likeness (QED) is 0.791. The first-order valence-electron chi connectivity index (χ1n) is 7.11. The van der Waals surface area contributed by atoms with Gasteiger partial charge in [0.25, 0.3) is 0 Å². The Kier molecular flexibility index (Phi) is 7.38. The minimum absolute atomic E-state index is 0.0790. The van der Waals surface area contributed by atoms with E-state index in [1.807, 2.05) is 30.3 Å². The highest BCUT2D eigenvalue weighted by Crippen LogP contribution is 2.17. The zero-order valence-electron chi connectivity index (χ0n) is 12.1. The molecule has 2 N–H and O–H groups in total. The number of carbonyl (C=O) groups is 1. The van der Waals surface area contributed by atoms with E-state index in [1.165, 1.54) is 0 Å². The molecule has 1 amide bonds. The first kappa shape index (κ1) is 16.2. The van der Waals surface area contributed by atoms with E-state index in [9.17, 15) is 4.79 Å². The van der Waals surface area contributed by atoms with Crippen LogP contribution in [0, 0.1) is 17.2 Å². The van der Waals surface area contributed by atoms with E-state index >= 15 is 0 Å². The summed E-state index contributed by atoms with van der Waals surface area (Å²) in [4.78, 5) is 14.1. The molecule has 1 aromatic rings. The van der Waals surface area contributed by atoms with Gasteiger partial charge in [-0.15, -0.1) is 0 Å². The smallest absolute Gasteiger partial charge is 0.227 e. The zero-order chi connectivity index (χ0) is 14.8.